The van der Waals surface area contributed by atoms with Crippen LogP contribution in [0.2, 0.25) is 0 Å². The van der Waals surface area contributed by atoms with E-state index in [4.69, 9.17) is 0 Å². The molecule has 1 aromatic carbocycles. The molecule has 0 fully saturated rings. The molecule has 0 spiro atoms. The summed E-state index contributed by atoms with van der Waals surface area (Å²) < 4.78 is 0. The SMILES string of the molecule is CCc1ccccc1NC(=O)CNC(=O)[C@H](NC(C)=O)C(C)C. The highest BCUT2D eigenvalue weighted by atomic mass is 16.2. The Morgan fingerprint density at radius 3 is 2.35 bits per heavy atom. The first kappa shape index (κ1) is 18.7. The van der Waals surface area contributed by atoms with Gasteiger partial charge in [-0.2, -0.15) is 0 Å². The fourth-order valence-corrected chi connectivity index (χ4v) is 2.18. The number of nitrogens with one attached hydrogen (secondary N) is 3. The smallest absolute Gasteiger partial charge is 0.243 e. The van der Waals surface area contributed by atoms with E-state index in [1.54, 1.807) is 0 Å². The van der Waals surface area contributed by atoms with Crippen LogP contribution in [0.25, 0.3) is 0 Å². The molecule has 0 aliphatic carbocycles. The van der Waals surface area contributed by atoms with Crippen LogP contribution in [0, 0.1) is 5.92 Å². The molecule has 0 radical (unpaired) electrons. The summed E-state index contributed by atoms with van der Waals surface area (Å²) in [5.41, 5.74) is 1.78. The number of aryl methyl sites for hydroxylation is 1. The molecule has 0 aliphatic heterocycles. The largest absolute Gasteiger partial charge is 0.345 e. The Morgan fingerprint density at radius 2 is 1.78 bits per heavy atom. The van der Waals surface area contributed by atoms with E-state index in [0.29, 0.717) is 0 Å². The molecule has 0 unspecified atom stereocenters. The van der Waals surface area contributed by atoms with Gasteiger partial charge in [-0.25, -0.2) is 0 Å². The fourth-order valence-electron chi connectivity index (χ4n) is 2.18. The zero-order valence-corrected chi connectivity index (χ0v) is 14.1. The van der Waals surface area contributed by atoms with Gasteiger partial charge in [-0.3, -0.25) is 14.4 Å². The lowest BCUT2D eigenvalue weighted by molar-refractivity contribution is -0.130. The summed E-state index contributed by atoms with van der Waals surface area (Å²) in [6.07, 6.45) is 0.806. The van der Waals surface area contributed by atoms with E-state index in [1.165, 1.54) is 6.92 Å². The molecule has 126 valence electrons. The molecule has 0 aromatic heterocycles. The van der Waals surface area contributed by atoms with E-state index in [9.17, 15) is 14.4 Å². The molecular weight excluding hydrogens is 294 g/mol. The Bertz CT molecular complexity index is 570. The normalized spacial score (nSPS) is 11.7. The predicted octanol–water partition coefficient (Wildman–Crippen LogP) is 1.46. The number of benzene rings is 1. The van der Waals surface area contributed by atoms with E-state index in [1.807, 2.05) is 45.0 Å². The van der Waals surface area contributed by atoms with Gasteiger partial charge in [-0.05, 0) is 24.0 Å². The van der Waals surface area contributed by atoms with Crippen LogP contribution >= 0.6 is 0 Å². The molecule has 3 amide bonds. The van der Waals surface area contributed by atoms with Gasteiger partial charge in [0.1, 0.15) is 6.04 Å². The van der Waals surface area contributed by atoms with Crippen molar-refractivity contribution in [2.75, 3.05) is 11.9 Å². The maximum absolute atomic E-state index is 12.1. The first-order valence-electron chi connectivity index (χ1n) is 7.77. The zero-order valence-electron chi connectivity index (χ0n) is 14.1. The molecular formula is C17H25N3O3. The van der Waals surface area contributed by atoms with Crippen LogP contribution in [0.3, 0.4) is 0 Å². The van der Waals surface area contributed by atoms with Crippen molar-refractivity contribution < 1.29 is 14.4 Å². The Labute approximate surface area is 137 Å². The maximum Gasteiger partial charge on any atom is 0.243 e. The van der Waals surface area contributed by atoms with Crippen LogP contribution in [0.15, 0.2) is 24.3 Å². The van der Waals surface area contributed by atoms with E-state index >= 15 is 0 Å². The molecule has 6 heteroatoms. The van der Waals surface area contributed by atoms with Gasteiger partial charge in [0.15, 0.2) is 0 Å². The van der Waals surface area contributed by atoms with Crippen LogP contribution in [0.4, 0.5) is 5.69 Å². The topological polar surface area (TPSA) is 87.3 Å². The summed E-state index contributed by atoms with van der Waals surface area (Å²) in [5, 5.41) is 7.93. The second kappa shape index (κ2) is 8.92. The third kappa shape index (κ3) is 6.10. The molecule has 1 rings (SSSR count). The Hall–Kier alpha value is -2.37. The number of para-hydroxylation sites is 1. The van der Waals surface area contributed by atoms with Crippen molar-refractivity contribution in [3.05, 3.63) is 29.8 Å². The predicted molar refractivity (Wildman–Crippen MR) is 89.9 cm³/mol. The molecule has 0 bridgehead atoms. The molecule has 0 saturated heterocycles. The molecule has 3 N–H and O–H groups in total. The molecule has 23 heavy (non-hydrogen) atoms. The highest BCUT2D eigenvalue weighted by Gasteiger charge is 2.23. The average Bonchev–Trinajstić information content (AvgIpc) is 2.50. The molecule has 0 aliphatic rings. The van der Waals surface area contributed by atoms with Crippen LogP contribution in [-0.2, 0) is 20.8 Å². The lowest BCUT2D eigenvalue weighted by Crippen LogP contribution is -2.50. The summed E-state index contributed by atoms with van der Waals surface area (Å²) in [7, 11) is 0. The number of anilines is 1. The van der Waals surface area contributed by atoms with Crippen LogP contribution in [-0.4, -0.2) is 30.3 Å². The number of rotatable bonds is 7. The molecule has 6 nitrogen and oxygen atoms in total. The maximum atomic E-state index is 12.1. The number of carbonyl (C=O) groups is 3. The van der Waals surface area contributed by atoms with Gasteiger partial charge in [0.25, 0.3) is 0 Å². The quantitative estimate of drug-likeness (QED) is 0.711. The van der Waals surface area contributed by atoms with Crippen LogP contribution in [0.5, 0.6) is 0 Å². The minimum atomic E-state index is -0.650. The van der Waals surface area contributed by atoms with Crippen molar-refractivity contribution in [1.82, 2.24) is 10.6 Å². The van der Waals surface area contributed by atoms with Crippen molar-refractivity contribution in [2.45, 2.75) is 40.2 Å². The Morgan fingerprint density at radius 1 is 1.13 bits per heavy atom. The van der Waals surface area contributed by atoms with Crippen molar-refractivity contribution in [3.8, 4) is 0 Å². The van der Waals surface area contributed by atoms with Gasteiger partial charge in [-0.15, -0.1) is 0 Å². The third-order valence-corrected chi connectivity index (χ3v) is 3.40. The van der Waals surface area contributed by atoms with E-state index in [2.05, 4.69) is 16.0 Å². The summed E-state index contributed by atoms with van der Waals surface area (Å²) in [6, 6.07) is 6.88. The Kier molecular flexibility index (Phi) is 7.25. The van der Waals surface area contributed by atoms with Crippen molar-refractivity contribution in [3.63, 3.8) is 0 Å². The van der Waals surface area contributed by atoms with Gasteiger partial charge >= 0.3 is 0 Å². The number of amides is 3. The Balaban J connectivity index is 2.57. The minimum absolute atomic E-state index is 0.0669. The first-order valence-corrected chi connectivity index (χ1v) is 7.77. The van der Waals surface area contributed by atoms with Gasteiger partial charge in [0.05, 0.1) is 6.54 Å². The second-order valence-electron chi connectivity index (χ2n) is 5.70. The monoisotopic (exact) mass is 319 g/mol. The van der Waals surface area contributed by atoms with Gasteiger partial charge < -0.3 is 16.0 Å². The van der Waals surface area contributed by atoms with Crippen molar-refractivity contribution in [2.24, 2.45) is 5.92 Å². The second-order valence-corrected chi connectivity index (χ2v) is 5.70. The molecule has 0 heterocycles. The van der Waals surface area contributed by atoms with Gasteiger partial charge in [0, 0.05) is 12.6 Å². The van der Waals surface area contributed by atoms with E-state index < -0.39 is 6.04 Å². The van der Waals surface area contributed by atoms with E-state index in [0.717, 1.165) is 17.7 Å². The van der Waals surface area contributed by atoms with Crippen molar-refractivity contribution in [1.29, 1.82) is 0 Å². The summed E-state index contributed by atoms with van der Waals surface area (Å²) in [6.45, 7) is 6.89. The van der Waals surface area contributed by atoms with E-state index in [-0.39, 0.29) is 30.2 Å². The summed E-state index contributed by atoms with van der Waals surface area (Å²) >= 11 is 0. The highest BCUT2D eigenvalue weighted by Crippen LogP contribution is 2.14. The van der Waals surface area contributed by atoms with Crippen LogP contribution in [0.1, 0.15) is 33.3 Å². The molecule has 1 atom stereocenters. The average molecular weight is 319 g/mol. The summed E-state index contributed by atoms with van der Waals surface area (Å²) in [4.78, 5) is 35.2. The fraction of sp³-hybridized carbons (Fsp3) is 0.471. The van der Waals surface area contributed by atoms with Crippen molar-refractivity contribution >= 4 is 23.4 Å². The standard InChI is InChI=1S/C17H25N3O3/c1-5-13-8-6-7-9-14(13)20-15(22)10-18-17(23)16(11(2)3)19-12(4)21/h6-9,11,16H,5,10H2,1-4H3,(H,18,23)(H,19,21)(H,20,22)/t16-/m1/s1. The van der Waals surface area contributed by atoms with Gasteiger partial charge in [0.2, 0.25) is 17.7 Å². The molecule has 1 aromatic rings. The third-order valence-electron chi connectivity index (χ3n) is 3.40. The lowest BCUT2D eigenvalue weighted by Gasteiger charge is -2.20. The number of carbonyl (C=O) groups excluding carboxylic acids is 3. The molecule has 0 saturated carbocycles. The zero-order chi connectivity index (χ0) is 17.4. The minimum Gasteiger partial charge on any atom is -0.345 e. The van der Waals surface area contributed by atoms with Gasteiger partial charge in [-0.1, -0.05) is 39.0 Å². The highest BCUT2D eigenvalue weighted by molar-refractivity contribution is 5.96. The summed E-state index contributed by atoms with van der Waals surface area (Å²) in [5.74, 6) is -1.01. The van der Waals surface area contributed by atoms with Crippen LogP contribution < -0.4 is 16.0 Å². The number of hydrogen-bond donors (Lipinski definition) is 3. The first-order chi connectivity index (χ1) is 10.8. The number of hydrogen-bond acceptors (Lipinski definition) is 3. The lowest BCUT2D eigenvalue weighted by atomic mass is 10.0.